The Morgan fingerprint density at radius 3 is 1.92 bits per heavy atom. The van der Waals surface area contributed by atoms with Gasteiger partial charge in [0.1, 0.15) is 28.3 Å². The zero-order valence-corrected chi connectivity index (χ0v) is 37.7. The minimum atomic E-state index is -1.78. The van der Waals surface area contributed by atoms with Crippen molar-refractivity contribution in [3.63, 3.8) is 0 Å². The summed E-state index contributed by atoms with van der Waals surface area (Å²) in [7, 11) is 0. The summed E-state index contributed by atoms with van der Waals surface area (Å²) in [6, 6.07) is 13.3. The maximum absolute atomic E-state index is 13.8. The normalized spacial score (nSPS) is 17.0. The summed E-state index contributed by atoms with van der Waals surface area (Å²) in [4.78, 5) is 50.8. The van der Waals surface area contributed by atoms with Gasteiger partial charge in [0.15, 0.2) is 0 Å². The topological polar surface area (TPSA) is 125 Å². The van der Waals surface area contributed by atoms with Crippen molar-refractivity contribution in [2.75, 3.05) is 0 Å². The van der Waals surface area contributed by atoms with E-state index in [1.807, 2.05) is 26.8 Å². The fourth-order valence-corrected chi connectivity index (χ4v) is 8.88. The average Bonchev–Trinajstić information content (AvgIpc) is 3.16. The molecule has 4 unspecified atom stereocenters. The highest BCUT2D eigenvalue weighted by Gasteiger charge is 2.48. The van der Waals surface area contributed by atoms with Crippen LogP contribution in [0.2, 0.25) is 0 Å². The summed E-state index contributed by atoms with van der Waals surface area (Å²) in [6.45, 7) is 19.9. The van der Waals surface area contributed by atoms with Crippen molar-refractivity contribution in [2.24, 2.45) is 17.8 Å². The van der Waals surface area contributed by atoms with Gasteiger partial charge in [-0.05, 0) is 128 Å². The van der Waals surface area contributed by atoms with Gasteiger partial charge in [0, 0.05) is 19.9 Å². The molecule has 3 aromatic rings. The Kier molecular flexibility index (Phi) is 17.2. The van der Waals surface area contributed by atoms with Crippen molar-refractivity contribution in [1.29, 1.82) is 0 Å². The molecule has 0 aromatic heterocycles. The van der Waals surface area contributed by atoms with Crippen LogP contribution in [0.1, 0.15) is 158 Å². The predicted octanol–water partition coefficient (Wildman–Crippen LogP) is 12.0. The van der Waals surface area contributed by atoms with Crippen LogP contribution in [-0.4, -0.2) is 34.6 Å². The molecule has 326 valence electrons. The van der Waals surface area contributed by atoms with E-state index in [1.54, 1.807) is 24.3 Å². The Balaban J connectivity index is 1.54. The summed E-state index contributed by atoms with van der Waals surface area (Å²) in [5.74, 6) is 0.268. The van der Waals surface area contributed by atoms with E-state index >= 15 is 0 Å². The molecule has 0 spiro atoms. The fraction of sp³-hybridized carbons (Fsp3) is 0.529. The van der Waals surface area contributed by atoms with Gasteiger partial charge in [0.25, 0.3) is 0 Å². The van der Waals surface area contributed by atoms with Crippen LogP contribution in [0.15, 0.2) is 54.8 Å². The number of hydrogen-bond donors (Lipinski definition) is 1. The van der Waals surface area contributed by atoms with E-state index in [0.717, 1.165) is 71.8 Å². The zero-order chi connectivity index (χ0) is 44.2. The number of esters is 3. The number of rotatable bonds is 21. The summed E-state index contributed by atoms with van der Waals surface area (Å²) in [5, 5.41) is 11.3. The largest absolute Gasteiger partial charge is 0.487 e. The molecule has 60 heavy (non-hydrogen) atoms. The average molecular weight is 825 g/mol. The molecular formula is C51H68O9. The molecule has 1 N–H and O–H groups in total. The third-order valence-electron chi connectivity index (χ3n) is 12.3. The molecule has 3 aromatic carbocycles. The molecule has 1 heterocycles. The number of carbonyl (C=O) groups is 4. The number of fused-ring (bicyclic) bond motifs is 1. The second-order valence-corrected chi connectivity index (χ2v) is 17.9. The second kappa shape index (κ2) is 21.6. The lowest BCUT2D eigenvalue weighted by molar-refractivity contribution is -0.149. The summed E-state index contributed by atoms with van der Waals surface area (Å²) < 4.78 is 22.9. The molecule has 9 heteroatoms. The first-order chi connectivity index (χ1) is 28.3. The lowest BCUT2D eigenvalue weighted by atomic mass is 9.67. The molecule has 0 amide bonds. The van der Waals surface area contributed by atoms with Crippen LogP contribution in [0.3, 0.4) is 0 Å². The minimum absolute atomic E-state index is 0.132. The van der Waals surface area contributed by atoms with Crippen LogP contribution in [-0.2, 0) is 35.8 Å². The van der Waals surface area contributed by atoms with E-state index in [-0.39, 0.29) is 17.1 Å². The Morgan fingerprint density at radius 2 is 1.37 bits per heavy atom. The number of hydrogen-bond acceptors (Lipinski definition) is 8. The third kappa shape index (κ3) is 12.8. The van der Waals surface area contributed by atoms with Crippen LogP contribution in [0, 0.1) is 38.5 Å². The van der Waals surface area contributed by atoms with Crippen molar-refractivity contribution in [3.05, 3.63) is 93.7 Å². The first-order valence-electron chi connectivity index (χ1n) is 21.8. The third-order valence-corrected chi connectivity index (χ3v) is 12.3. The van der Waals surface area contributed by atoms with Crippen molar-refractivity contribution >= 4 is 30.0 Å². The minimum Gasteiger partial charge on any atom is -0.487 e. The molecule has 4 rings (SSSR count). The van der Waals surface area contributed by atoms with Crippen LogP contribution >= 0.6 is 0 Å². The lowest BCUT2D eigenvalue weighted by Crippen LogP contribution is -2.42. The van der Waals surface area contributed by atoms with E-state index in [2.05, 4.69) is 34.6 Å². The molecule has 1 aliphatic heterocycles. The molecule has 4 atom stereocenters. The Bertz CT molecular complexity index is 1960. The summed E-state index contributed by atoms with van der Waals surface area (Å²) >= 11 is 0. The SMILES string of the molecule is CC(=O)Oc1cc(/C=C/OC(=O)CC(C(=O)O)(c2ccccc2)c2c(C)c(C)c3c(c2C)CCC(C)(CCCC(C)CCCC(C)CCCC(C)C)O3)cc(OC(C)=O)c1. The maximum Gasteiger partial charge on any atom is 0.319 e. The molecule has 0 saturated carbocycles. The van der Waals surface area contributed by atoms with Crippen molar-refractivity contribution in [1.82, 2.24) is 0 Å². The number of benzene rings is 3. The van der Waals surface area contributed by atoms with Gasteiger partial charge in [-0.1, -0.05) is 103 Å². The van der Waals surface area contributed by atoms with Gasteiger partial charge in [-0.25, -0.2) is 0 Å². The number of carboxylic acid groups (broad SMARTS) is 1. The quantitative estimate of drug-likeness (QED) is 0.0635. The molecule has 0 bridgehead atoms. The molecule has 0 fully saturated rings. The first-order valence-corrected chi connectivity index (χ1v) is 21.8. The van der Waals surface area contributed by atoms with Crippen molar-refractivity contribution < 1.29 is 43.2 Å². The van der Waals surface area contributed by atoms with E-state index in [0.29, 0.717) is 22.6 Å². The highest BCUT2D eigenvalue weighted by Crippen LogP contribution is 2.48. The molecule has 1 aliphatic rings. The van der Waals surface area contributed by atoms with E-state index in [1.165, 1.54) is 83.1 Å². The summed E-state index contributed by atoms with van der Waals surface area (Å²) in [6.07, 6.45) is 14.7. The van der Waals surface area contributed by atoms with Gasteiger partial charge >= 0.3 is 23.9 Å². The Labute approximate surface area is 358 Å². The van der Waals surface area contributed by atoms with E-state index in [4.69, 9.17) is 18.9 Å². The zero-order valence-electron chi connectivity index (χ0n) is 37.7. The Morgan fingerprint density at radius 1 is 0.800 bits per heavy atom. The van der Waals surface area contributed by atoms with Gasteiger partial charge in [-0.2, -0.15) is 0 Å². The standard InChI is InChI=1S/C51H68O9/c1-33(2)17-14-18-34(3)19-15-20-35(4)21-16-26-50(10)27-24-45-38(7)47(36(5)37(6)48(45)60-50)51(49(55)56,42-22-12-11-13-23-42)32-46(54)57-28-25-41-29-43(58-39(8)52)31-44(30-41)59-40(9)53/h11-13,22-23,25,28-31,33-35H,14-21,24,26-27,32H2,1-10H3,(H,55,56)/b28-25+. The number of ether oxygens (including phenoxy) is 4. The maximum atomic E-state index is 13.8. The second-order valence-electron chi connectivity index (χ2n) is 17.9. The fourth-order valence-electron chi connectivity index (χ4n) is 8.88. The van der Waals surface area contributed by atoms with Gasteiger partial charge in [-0.15, -0.1) is 0 Å². The molecule has 0 radical (unpaired) electrons. The molecule has 0 saturated heterocycles. The van der Waals surface area contributed by atoms with Crippen molar-refractivity contribution in [2.45, 2.75) is 157 Å². The smallest absolute Gasteiger partial charge is 0.319 e. The van der Waals surface area contributed by atoms with Gasteiger partial charge in [0.2, 0.25) is 0 Å². The predicted molar refractivity (Wildman–Crippen MR) is 236 cm³/mol. The van der Waals surface area contributed by atoms with E-state index in [9.17, 15) is 24.3 Å². The molecule has 0 aliphatic carbocycles. The van der Waals surface area contributed by atoms with Crippen molar-refractivity contribution in [3.8, 4) is 17.2 Å². The van der Waals surface area contributed by atoms with E-state index < -0.39 is 35.7 Å². The Hall–Kier alpha value is -4.92. The number of aliphatic carboxylic acids is 1. The van der Waals surface area contributed by atoms with Gasteiger partial charge in [-0.3, -0.25) is 19.2 Å². The van der Waals surface area contributed by atoms with Crippen LogP contribution in [0.4, 0.5) is 0 Å². The van der Waals surface area contributed by atoms with Crippen LogP contribution in [0.5, 0.6) is 17.2 Å². The van der Waals surface area contributed by atoms with Gasteiger partial charge < -0.3 is 24.1 Å². The monoisotopic (exact) mass is 824 g/mol. The van der Waals surface area contributed by atoms with Gasteiger partial charge in [0.05, 0.1) is 12.7 Å². The molecular weight excluding hydrogens is 757 g/mol. The van der Waals surface area contributed by atoms with Crippen LogP contribution < -0.4 is 14.2 Å². The number of carbonyl (C=O) groups excluding carboxylic acids is 3. The highest BCUT2D eigenvalue weighted by atomic mass is 16.5. The summed E-state index contributed by atoms with van der Waals surface area (Å²) in [5.41, 5.74) is 2.74. The van der Waals surface area contributed by atoms with Crippen LogP contribution in [0.25, 0.3) is 6.08 Å². The highest BCUT2D eigenvalue weighted by molar-refractivity contribution is 5.93. The number of carboxylic acids is 1. The molecule has 9 nitrogen and oxygen atoms in total. The first kappa shape index (κ1) is 47.8. The lowest BCUT2D eigenvalue weighted by Gasteiger charge is -2.41.